The minimum absolute atomic E-state index is 0.0366. The number of nitro groups is 1. The summed E-state index contributed by atoms with van der Waals surface area (Å²) < 4.78 is 5.52. The summed E-state index contributed by atoms with van der Waals surface area (Å²) >= 11 is 1.33. The molecule has 1 unspecified atom stereocenters. The van der Waals surface area contributed by atoms with Crippen molar-refractivity contribution in [2.45, 2.75) is 11.8 Å². The van der Waals surface area contributed by atoms with Crippen LogP contribution in [0, 0.1) is 10.1 Å². The molecule has 3 rings (SSSR count). The second kappa shape index (κ2) is 7.46. The molecule has 0 fully saturated rings. The summed E-state index contributed by atoms with van der Waals surface area (Å²) in [5.41, 5.74) is 1.30. The van der Waals surface area contributed by atoms with Crippen LogP contribution in [-0.4, -0.2) is 23.0 Å². The highest BCUT2D eigenvalue weighted by Crippen LogP contribution is 2.38. The predicted molar refractivity (Wildman–Crippen MR) is 91.5 cm³/mol. The Bertz CT molecular complexity index is 840. The molecule has 2 heterocycles. The molecule has 2 aromatic heterocycles. The molecule has 0 amide bonds. The van der Waals surface area contributed by atoms with E-state index >= 15 is 0 Å². The van der Waals surface area contributed by atoms with E-state index in [9.17, 15) is 14.9 Å². The Morgan fingerprint density at radius 2 is 2.12 bits per heavy atom. The fourth-order valence-corrected chi connectivity index (χ4v) is 3.34. The van der Waals surface area contributed by atoms with E-state index in [1.165, 1.54) is 36.8 Å². The fourth-order valence-electron chi connectivity index (χ4n) is 2.71. The van der Waals surface area contributed by atoms with Crippen LogP contribution in [0.1, 0.15) is 17.0 Å². The van der Waals surface area contributed by atoms with Gasteiger partial charge in [-0.3, -0.25) is 15.0 Å². The van der Waals surface area contributed by atoms with Crippen LogP contribution in [0.3, 0.4) is 0 Å². The van der Waals surface area contributed by atoms with Gasteiger partial charge in [0.15, 0.2) is 5.41 Å². The lowest BCUT2D eigenvalue weighted by Crippen LogP contribution is -2.41. The standard InChI is InChI=1S/C17H14N2O6S/c1-23-25-16(20)17(14-10-26-11-18-14,15-3-2-8-24-15)9-12-4-6-13(7-5-12)19(21)22/h2-8,10-11H,9H2,1H3. The Morgan fingerprint density at radius 1 is 1.35 bits per heavy atom. The van der Waals surface area contributed by atoms with Crippen molar-refractivity contribution in [3.63, 3.8) is 0 Å². The van der Waals surface area contributed by atoms with Crippen LogP contribution in [0.25, 0.3) is 0 Å². The highest BCUT2D eigenvalue weighted by atomic mass is 32.1. The van der Waals surface area contributed by atoms with Crippen LogP contribution < -0.4 is 0 Å². The summed E-state index contributed by atoms with van der Waals surface area (Å²) in [5, 5.41) is 12.6. The van der Waals surface area contributed by atoms with Gasteiger partial charge in [-0.25, -0.2) is 9.78 Å². The molecule has 26 heavy (non-hydrogen) atoms. The van der Waals surface area contributed by atoms with Gasteiger partial charge in [-0.2, -0.15) is 4.89 Å². The van der Waals surface area contributed by atoms with Crippen LogP contribution in [0.2, 0.25) is 0 Å². The lowest BCUT2D eigenvalue weighted by molar-refractivity contribution is -0.384. The molecule has 9 heteroatoms. The maximum atomic E-state index is 12.9. The molecule has 0 spiro atoms. The van der Waals surface area contributed by atoms with Crippen molar-refractivity contribution >= 4 is 23.0 Å². The molecule has 0 aliphatic heterocycles. The quantitative estimate of drug-likeness (QED) is 0.355. The zero-order valence-corrected chi connectivity index (χ0v) is 14.5. The molecule has 1 aromatic carbocycles. The highest BCUT2D eigenvalue weighted by Gasteiger charge is 2.49. The van der Waals surface area contributed by atoms with Gasteiger partial charge < -0.3 is 4.42 Å². The number of hydrogen-bond acceptors (Lipinski definition) is 8. The number of benzene rings is 1. The monoisotopic (exact) mass is 374 g/mol. The van der Waals surface area contributed by atoms with Gasteiger partial charge in [-0.1, -0.05) is 12.1 Å². The molecule has 0 aliphatic rings. The van der Waals surface area contributed by atoms with E-state index in [1.54, 1.807) is 35.2 Å². The fraction of sp³-hybridized carbons (Fsp3) is 0.176. The smallest absolute Gasteiger partial charge is 0.362 e. The van der Waals surface area contributed by atoms with Crippen molar-refractivity contribution < 1.29 is 23.9 Å². The number of nitrogens with zero attached hydrogens (tertiary/aromatic N) is 2. The number of nitro benzene ring substituents is 1. The molecule has 3 aromatic rings. The number of non-ortho nitro benzene ring substituents is 1. The average Bonchev–Trinajstić information content (AvgIpc) is 3.34. The van der Waals surface area contributed by atoms with Gasteiger partial charge >= 0.3 is 5.97 Å². The molecule has 0 bridgehead atoms. The third kappa shape index (κ3) is 3.22. The van der Waals surface area contributed by atoms with Gasteiger partial charge in [0, 0.05) is 23.9 Å². The number of hydrogen-bond donors (Lipinski definition) is 0. The van der Waals surface area contributed by atoms with E-state index in [-0.39, 0.29) is 12.1 Å². The van der Waals surface area contributed by atoms with Gasteiger partial charge in [0.1, 0.15) is 5.76 Å². The van der Waals surface area contributed by atoms with E-state index in [0.29, 0.717) is 17.0 Å². The normalized spacial score (nSPS) is 13.1. The maximum Gasteiger partial charge on any atom is 0.362 e. The Morgan fingerprint density at radius 3 is 2.65 bits per heavy atom. The van der Waals surface area contributed by atoms with Gasteiger partial charge in [0.2, 0.25) is 0 Å². The van der Waals surface area contributed by atoms with Crippen molar-refractivity contribution in [3.8, 4) is 0 Å². The molecule has 0 saturated heterocycles. The first-order valence-electron chi connectivity index (χ1n) is 7.49. The van der Waals surface area contributed by atoms with E-state index in [2.05, 4.69) is 9.87 Å². The molecule has 1 atom stereocenters. The molecule has 0 radical (unpaired) electrons. The minimum Gasteiger partial charge on any atom is -0.468 e. The summed E-state index contributed by atoms with van der Waals surface area (Å²) in [5.74, 6) is -0.358. The van der Waals surface area contributed by atoms with Gasteiger partial charge in [-0.15, -0.1) is 11.3 Å². The Balaban J connectivity index is 2.10. The average molecular weight is 374 g/mol. The number of carbonyl (C=O) groups is 1. The van der Waals surface area contributed by atoms with Crippen molar-refractivity contribution in [1.82, 2.24) is 4.98 Å². The van der Waals surface area contributed by atoms with Crippen LogP contribution >= 0.6 is 11.3 Å². The molecular weight excluding hydrogens is 360 g/mol. The predicted octanol–water partition coefficient (Wildman–Crippen LogP) is 3.28. The zero-order valence-electron chi connectivity index (χ0n) is 13.7. The van der Waals surface area contributed by atoms with Crippen molar-refractivity contribution in [2.75, 3.05) is 7.11 Å². The van der Waals surface area contributed by atoms with Crippen molar-refractivity contribution in [2.24, 2.45) is 0 Å². The lowest BCUT2D eigenvalue weighted by Gasteiger charge is -2.27. The molecule has 8 nitrogen and oxygen atoms in total. The second-order valence-corrected chi connectivity index (χ2v) is 6.11. The summed E-state index contributed by atoms with van der Waals surface area (Å²) in [6.45, 7) is 0. The summed E-state index contributed by atoms with van der Waals surface area (Å²) in [7, 11) is 1.23. The number of aromatic nitrogens is 1. The molecule has 0 aliphatic carbocycles. The van der Waals surface area contributed by atoms with Gasteiger partial charge in [0.05, 0.1) is 29.5 Å². The highest BCUT2D eigenvalue weighted by molar-refractivity contribution is 7.07. The largest absolute Gasteiger partial charge is 0.468 e. The Labute approximate surface area is 152 Å². The number of rotatable bonds is 7. The summed E-state index contributed by atoms with van der Waals surface area (Å²) in [6.07, 6.45) is 1.58. The maximum absolute atomic E-state index is 12.9. The molecule has 0 saturated carbocycles. The molecular formula is C17H14N2O6S. The van der Waals surface area contributed by atoms with E-state index in [1.807, 2.05) is 0 Å². The van der Waals surface area contributed by atoms with Crippen LogP contribution in [0.4, 0.5) is 5.69 Å². The van der Waals surface area contributed by atoms with Crippen LogP contribution in [-0.2, 0) is 26.4 Å². The molecule has 0 N–H and O–H groups in total. The second-order valence-electron chi connectivity index (χ2n) is 5.39. The van der Waals surface area contributed by atoms with Crippen LogP contribution in [0.15, 0.2) is 58.0 Å². The third-order valence-corrected chi connectivity index (χ3v) is 4.52. The summed E-state index contributed by atoms with van der Waals surface area (Å²) in [4.78, 5) is 37.0. The topological polar surface area (TPSA) is 105 Å². The third-order valence-electron chi connectivity index (χ3n) is 3.94. The Kier molecular flexibility index (Phi) is 5.10. The first kappa shape index (κ1) is 17.8. The minimum atomic E-state index is -1.38. The van der Waals surface area contributed by atoms with E-state index in [0.717, 1.165) is 0 Å². The van der Waals surface area contributed by atoms with E-state index in [4.69, 9.17) is 9.30 Å². The van der Waals surface area contributed by atoms with Crippen LogP contribution in [0.5, 0.6) is 0 Å². The lowest BCUT2D eigenvalue weighted by atomic mass is 9.77. The number of carbonyl (C=O) groups excluding carboxylic acids is 1. The van der Waals surface area contributed by atoms with Crippen molar-refractivity contribution in [3.05, 3.63) is 80.7 Å². The zero-order chi connectivity index (χ0) is 18.6. The number of thiazole rings is 1. The first-order valence-corrected chi connectivity index (χ1v) is 8.43. The SMILES string of the molecule is COOC(=O)C(Cc1ccc([N+](=O)[O-])cc1)(c1cscn1)c1ccco1. The van der Waals surface area contributed by atoms with Gasteiger partial charge in [0.25, 0.3) is 5.69 Å². The number of furan rings is 1. The van der Waals surface area contributed by atoms with E-state index < -0.39 is 16.3 Å². The Hall–Kier alpha value is -3.04. The van der Waals surface area contributed by atoms with Crippen molar-refractivity contribution in [1.29, 1.82) is 0 Å². The first-order chi connectivity index (χ1) is 12.6. The van der Waals surface area contributed by atoms with Gasteiger partial charge in [-0.05, 0) is 17.7 Å². The summed E-state index contributed by atoms with van der Waals surface area (Å²) in [6, 6.07) is 9.24. The molecule has 134 valence electrons.